The summed E-state index contributed by atoms with van der Waals surface area (Å²) in [4.78, 5) is 2.60. The highest BCUT2D eigenvalue weighted by atomic mass is 15.1. The van der Waals surface area contributed by atoms with Crippen molar-refractivity contribution in [1.82, 2.24) is 0 Å². The average Bonchev–Trinajstić information content (AvgIpc) is 3.85. The van der Waals surface area contributed by atoms with Crippen LogP contribution in [-0.2, 0) is 16.2 Å². The Morgan fingerprint density at radius 3 is 1.52 bits per heavy atom. The quantitative estimate of drug-likeness (QED) is 0.167. The molecule has 1 nitrogen and oxygen atoms in total. The lowest BCUT2D eigenvalue weighted by molar-refractivity contribution is -0.0399. The second-order valence-corrected chi connectivity index (χ2v) is 21.7. The molecule has 1 heteroatoms. The Bertz CT molecular complexity index is 3260. The normalized spacial score (nSPS) is 23.7. The number of nitrogens with zero attached hydrogens (tertiary/aromatic N) is 1. The number of benzene rings is 8. The van der Waals surface area contributed by atoms with E-state index in [2.05, 4.69) is 209 Å². The predicted molar refractivity (Wildman–Crippen MR) is 270 cm³/mol. The van der Waals surface area contributed by atoms with Gasteiger partial charge in [0.05, 0.1) is 5.69 Å². The number of hydrogen-bond donors (Lipinski definition) is 0. The van der Waals surface area contributed by atoms with Gasteiger partial charge in [-0.1, -0.05) is 167 Å². The summed E-state index contributed by atoms with van der Waals surface area (Å²) < 4.78 is 0. The highest BCUT2D eigenvalue weighted by Crippen LogP contribution is 2.70. The molecule has 8 aromatic carbocycles. The summed E-state index contributed by atoms with van der Waals surface area (Å²) in [6, 6.07) is 68.0. The van der Waals surface area contributed by atoms with Gasteiger partial charge in [0.1, 0.15) is 0 Å². The Hall–Kier alpha value is -6.44. The number of para-hydroxylation sites is 1. The third-order valence-electron chi connectivity index (χ3n) is 17.9. The fraction of sp³-hybridized carbons (Fsp3) is 0.250. The van der Waals surface area contributed by atoms with Crippen molar-refractivity contribution in [3.63, 3.8) is 0 Å². The molecule has 65 heavy (non-hydrogen) atoms. The number of fused-ring (bicyclic) bond motifs is 9. The van der Waals surface area contributed by atoms with Gasteiger partial charge in [0.15, 0.2) is 0 Å². The third-order valence-corrected chi connectivity index (χ3v) is 17.9. The van der Waals surface area contributed by atoms with Crippen molar-refractivity contribution in [3.8, 4) is 55.6 Å². The van der Waals surface area contributed by atoms with Crippen LogP contribution in [-0.4, -0.2) is 0 Å². The molecule has 0 atom stereocenters. The summed E-state index contributed by atoms with van der Waals surface area (Å²) in [7, 11) is 0. The Morgan fingerprint density at radius 1 is 0.354 bits per heavy atom. The predicted octanol–water partition coefficient (Wildman–Crippen LogP) is 16.8. The van der Waals surface area contributed by atoms with Crippen molar-refractivity contribution >= 4 is 17.1 Å². The van der Waals surface area contributed by atoms with Crippen LogP contribution >= 0.6 is 0 Å². The second-order valence-electron chi connectivity index (χ2n) is 21.7. The Balaban J connectivity index is 0.953. The summed E-state index contributed by atoms with van der Waals surface area (Å²) in [5.41, 5.74) is 25.9. The summed E-state index contributed by atoms with van der Waals surface area (Å²) in [6.07, 6.45) is 6.97. The maximum absolute atomic E-state index is 2.66. The van der Waals surface area contributed by atoms with Crippen molar-refractivity contribution in [2.24, 2.45) is 23.7 Å². The molecule has 0 N–H and O–H groups in total. The van der Waals surface area contributed by atoms with Gasteiger partial charge in [0.25, 0.3) is 0 Å². The van der Waals surface area contributed by atoms with Crippen molar-refractivity contribution < 1.29 is 0 Å². The van der Waals surface area contributed by atoms with Crippen molar-refractivity contribution in [2.75, 3.05) is 4.90 Å². The number of anilines is 3. The molecule has 4 fully saturated rings. The van der Waals surface area contributed by atoms with Gasteiger partial charge in [-0.2, -0.15) is 0 Å². The van der Waals surface area contributed by atoms with E-state index in [4.69, 9.17) is 0 Å². The largest absolute Gasteiger partial charge is 0.310 e. The van der Waals surface area contributed by atoms with Gasteiger partial charge in [-0.15, -0.1) is 0 Å². The minimum absolute atomic E-state index is 0.0439. The fourth-order valence-electron chi connectivity index (χ4n) is 15.4. The molecule has 7 aliphatic rings. The summed E-state index contributed by atoms with van der Waals surface area (Å²) >= 11 is 0. The van der Waals surface area contributed by atoms with E-state index in [1.54, 1.807) is 11.1 Å². The van der Waals surface area contributed by atoms with E-state index in [9.17, 15) is 0 Å². The van der Waals surface area contributed by atoms with Crippen molar-refractivity contribution in [2.45, 2.75) is 76.0 Å². The second kappa shape index (κ2) is 13.3. The molecule has 15 rings (SSSR count). The van der Waals surface area contributed by atoms with Crippen LogP contribution in [0.3, 0.4) is 0 Å². The van der Waals surface area contributed by atoms with E-state index in [1.165, 1.54) is 127 Å². The SMILES string of the molecule is CC1(C)c2ccccc2-c2ccc(-c3ccc(N(c4ccc5c(c4)C4(c6ccccc6-5)C5CC6CC(C5)CC4C6)c4ccccc4-c4cccc5c4C(C)(C)c4ccccc4-5)cc3)cc21. The lowest BCUT2D eigenvalue weighted by Crippen LogP contribution is -2.55. The zero-order valence-corrected chi connectivity index (χ0v) is 38.0. The molecule has 0 radical (unpaired) electrons. The van der Waals surface area contributed by atoms with Gasteiger partial charge < -0.3 is 4.90 Å². The molecule has 0 aromatic heterocycles. The summed E-state index contributed by atoms with van der Waals surface area (Å²) in [5, 5.41) is 0. The molecule has 0 amide bonds. The molecule has 4 saturated carbocycles. The Morgan fingerprint density at radius 2 is 0.831 bits per heavy atom. The molecular formula is C64H55N. The monoisotopic (exact) mass is 837 g/mol. The molecule has 0 saturated heterocycles. The fourth-order valence-corrected chi connectivity index (χ4v) is 15.4. The minimum Gasteiger partial charge on any atom is -0.310 e. The van der Waals surface area contributed by atoms with E-state index in [-0.39, 0.29) is 16.2 Å². The maximum atomic E-state index is 2.66. The highest BCUT2D eigenvalue weighted by molar-refractivity contribution is 5.96. The van der Waals surface area contributed by atoms with Gasteiger partial charge in [0.2, 0.25) is 0 Å². The number of rotatable bonds is 5. The molecule has 7 aliphatic carbocycles. The summed E-state index contributed by atoms with van der Waals surface area (Å²) in [6.45, 7) is 9.60. The van der Waals surface area contributed by atoms with Gasteiger partial charge >= 0.3 is 0 Å². The Kier molecular flexibility index (Phi) is 7.77. The molecular weight excluding hydrogens is 783 g/mol. The first-order chi connectivity index (χ1) is 31.7. The average molecular weight is 838 g/mol. The standard InChI is InChI=1S/C64H55N/c1-62(2)55-20-9-5-14-47(55)50-30-26-42(37-58(50)62)41-24-27-45(28-25-41)65(60-23-12-8-17-52(60)54-19-13-18-53-49-16-6-10-21-56(49)63(3,4)61(53)54)46-29-31-51-48-15-7-11-22-57(48)64(59(51)38-46)43-33-39-32-40(35-43)36-44(64)34-39/h5-31,37-40,43-44H,32-36H2,1-4H3. The molecule has 316 valence electrons. The van der Waals surface area contributed by atoms with E-state index in [0.29, 0.717) is 11.8 Å². The molecule has 0 aliphatic heterocycles. The van der Waals surface area contributed by atoms with Crippen LogP contribution in [0.1, 0.15) is 93.2 Å². The first-order valence-corrected chi connectivity index (χ1v) is 24.4. The van der Waals surface area contributed by atoms with Crippen LogP contribution in [0.2, 0.25) is 0 Å². The van der Waals surface area contributed by atoms with Crippen LogP contribution in [0.25, 0.3) is 55.6 Å². The van der Waals surface area contributed by atoms with Gasteiger partial charge in [-0.05, 0) is 176 Å². The van der Waals surface area contributed by atoms with Crippen LogP contribution in [0.15, 0.2) is 176 Å². The third kappa shape index (κ3) is 5.05. The van der Waals surface area contributed by atoms with Gasteiger partial charge in [0, 0.05) is 33.2 Å². The zero-order chi connectivity index (χ0) is 43.4. The molecule has 8 aromatic rings. The van der Waals surface area contributed by atoms with E-state index in [0.717, 1.165) is 11.8 Å². The molecule has 0 unspecified atom stereocenters. The minimum atomic E-state index is -0.140. The first kappa shape index (κ1) is 37.9. The lowest BCUT2D eigenvalue weighted by atomic mass is 9.43. The topological polar surface area (TPSA) is 3.24 Å². The molecule has 0 heterocycles. The smallest absolute Gasteiger partial charge is 0.0540 e. The van der Waals surface area contributed by atoms with Crippen molar-refractivity contribution in [1.29, 1.82) is 0 Å². The van der Waals surface area contributed by atoms with Gasteiger partial charge in [-0.3, -0.25) is 0 Å². The summed E-state index contributed by atoms with van der Waals surface area (Å²) in [5.74, 6) is 3.22. The number of hydrogen-bond acceptors (Lipinski definition) is 1. The van der Waals surface area contributed by atoms with E-state index in [1.807, 2.05) is 0 Å². The van der Waals surface area contributed by atoms with Crippen LogP contribution in [0.4, 0.5) is 17.1 Å². The Labute approximate surface area is 384 Å². The highest BCUT2D eigenvalue weighted by Gasteiger charge is 2.61. The van der Waals surface area contributed by atoms with Crippen LogP contribution < -0.4 is 4.90 Å². The van der Waals surface area contributed by atoms with Gasteiger partial charge in [-0.25, -0.2) is 0 Å². The van der Waals surface area contributed by atoms with E-state index < -0.39 is 0 Å². The molecule has 1 spiro atoms. The first-order valence-electron chi connectivity index (χ1n) is 24.4. The molecule has 4 bridgehead atoms. The van der Waals surface area contributed by atoms with E-state index >= 15 is 0 Å². The van der Waals surface area contributed by atoms with Crippen LogP contribution in [0, 0.1) is 23.7 Å². The zero-order valence-electron chi connectivity index (χ0n) is 38.0. The van der Waals surface area contributed by atoms with Crippen LogP contribution in [0.5, 0.6) is 0 Å². The maximum Gasteiger partial charge on any atom is 0.0540 e. The van der Waals surface area contributed by atoms with Crippen molar-refractivity contribution in [3.05, 3.63) is 209 Å². The lowest BCUT2D eigenvalue weighted by Gasteiger charge is -2.61.